The lowest BCUT2D eigenvalue weighted by Gasteiger charge is -2.15. The minimum absolute atomic E-state index is 0.250. The Morgan fingerprint density at radius 3 is 2.71 bits per heavy atom. The van der Waals surface area contributed by atoms with Crippen LogP contribution in [0.15, 0.2) is 58.5 Å². The minimum atomic E-state index is -1.24. The van der Waals surface area contributed by atoms with Gasteiger partial charge in [0.25, 0.3) is 5.56 Å². The van der Waals surface area contributed by atoms with Gasteiger partial charge in [0, 0.05) is 11.8 Å². The summed E-state index contributed by atoms with van der Waals surface area (Å²) in [6.45, 7) is 1.88. The van der Waals surface area contributed by atoms with Gasteiger partial charge in [-0.1, -0.05) is 47.4 Å². The van der Waals surface area contributed by atoms with Crippen molar-refractivity contribution in [1.82, 2.24) is 14.1 Å². The molecule has 0 spiro atoms. The Morgan fingerprint density at radius 1 is 1.23 bits per heavy atom. The van der Waals surface area contributed by atoms with Crippen molar-refractivity contribution in [2.75, 3.05) is 12.9 Å². The molecule has 0 aliphatic carbocycles. The van der Waals surface area contributed by atoms with Crippen LogP contribution in [0.5, 0.6) is 5.75 Å². The summed E-state index contributed by atoms with van der Waals surface area (Å²) in [7, 11) is 1.57. The number of aryl methyl sites for hydroxylation is 1. The molecule has 2 aromatic carbocycles. The van der Waals surface area contributed by atoms with E-state index in [0.29, 0.717) is 31.4 Å². The summed E-state index contributed by atoms with van der Waals surface area (Å²) in [6.07, 6.45) is 0. The van der Waals surface area contributed by atoms with E-state index in [4.69, 9.17) is 17.0 Å². The number of thiazole rings is 1. The van der Waals surface area contributed by atoms with Crippen LogP contribution in [0.3, 0.4) is 0 Å². The molecule has 0 aliphatic rings. The van der Waals surface area contributed by atoms with Gasteiger partial charge in [0.05, 0.1) is 24.5 Å². The summed E-state index contributed by atoms with van der Waals surface area (Å²) in [4.78, 5) is 29.3. The van der Waals surface area contributed by atoms with Gasteiger partial charge in [-0.3, -0.25) is 13.9 Å². The lowest BCUT2D eigenvalue weighted by Crippen LogP contribution is -2.26. The fourth-order valence-corrected chi connectivity index (χ4v) is 5.17. The molecule has 4 rings (SSSR count). The number of hydrogen-bond donors (Lipinski definition) is 0. The van der Waals surface area contributed by atoms with E-state index in [9.17, 15) is 14.7 Å². The van der Waals surface area contributed by atoms with Gasteiger partial charge in [-0.15, -0.1) is 0 Å². The fourth-order valence-electron chi connectivity index (χ4n) is 3.16. The van der Waals surface area contributed by atoms with Crippen LogP contribution in [0.1, 0.15) is 5.56 Å². The van der Waals surface area contributed by atoms with Crippen molar-refractivity contribution in [2.45, 2.75) is 12.1 Å². The number of nitrogens with zero attached hydrogens (tertiary/aromatic N) is 3. The van der Waals surface area contributed by atoms with Crippen molar-refractivity contribution in [3.63, 3.8) is 0 Å². The largest absolute Gasteiger partial charge is 0.549 e. The number of para-hydroxylation sites is 1. The summed E-state index contributed by atoms with van der Waals surface area (Å²) in [5, 5.41) is 11.4. The SMILES string of the molecule is COc1cccc(-n2c(=S)sc3c(=O)n(-c4ccccc4C)c(SCC(=O)[O-])nc32)c1. The molecular formula is C21H16N3O4S3-. The minimum Gasteiger partial charge on any atom is -0.549 e. The highest BCUT2D eigenvalue weighted by molar-refractivity contribution is 7.99. The van der Waals surface area contributed by atoms with Gasteiger partial charge in [0.2, 0.25) is 0 Å². The lowest BCUT2D eigenvalue weighted by molar-refractivity contribution is -0.301. The number of carboxylic acid groups (broad SMARTS) is 1. The van der Waals surface area contributed by atoms with Crippen LogP contribution in [0, 0.1) is 10.9 Å². The van der Waals surface area contributed by atoms with E-state index in [1.807, 2.05) is 37.3 Å². The summed E-state index contributed by atoms with van der Waals surface area (Å²) in [5.41, 5.74) is 2.26. The molecule has 0 saturated carbocycles. The molecule has 0 amide bonds. The first kappa shape index (κ1) is 21.3. The van der Waals surface area contributed by atoms with Crippen molar-refractivity contribution in [2.24, 2.45) is 0 Å². The standard InChI is InChI=1S/C21H17N3O4S3/c1-12-6-3-4-9-15(12)24-19(27)17-18(22-20(24)30-11-16(25)26)23(21(29)31-17)13-7-5-8-14(10-13)28-2/h3-10H,11H2,1-2H3,(H,25,26)/p-1. The molecule has 0 N–H and O–H groups in total. The normalized spacial score (nSPS) is 11.0. The van der Waals surface area contributed by atoms with E-state index in [-0.39, 0.29) is 16.5 Å². The average Bonchev–Trinajstić information content (AvgIpc) is 3.09. The highest BCUT2D eigenvalue weighted by Crippen LogP contribution is 2.29. The number of thioether (sulfide) groups is 1. The molecule has 0 bridgehead atoms. The average molecular weight is 471 g/mol. The first-order valence-corrected chi connectivity index (χ1v) is 11.3. The highest BCUT2D eigenvalue weighted by atomic mass is 32.2. The van der Waals surface area contributed by atoms with E-state index in [1.54, 1.807) is 29.9 Å². The van der Waals surface area contributed by atoms with Crippen molar-refractivity contribution < 1.29 is 14.6 Å². The highest BCUT2D eigenvalue weighted by Gasteiger charge is 2.20. The third-order valence-corrected chi connectivity index (χ3v) is 6.83. The second-order valence-electron chi connectivity index (χ2n) is 6.54. The van der Waals surface area contributed by atoms with Crippen molar-refractivity contribution >= 4 is 51.6 Å². The Hall–Kier alpha value is -2.95. The lowest BCUT2D eigenvalue weighted by atomic mass is 10.2. The summed E-state index contributed by atoms with van der Waals surface area (Å²) in [5.74, 6) is -0.947. The van der Waals surface area contributed by atoms with Crippen LogP contribution >= 0.6 is 35.3 Å². The number of hydrogen-bond acceptors (Lipinski definition) is 8. The number of carboxylic acids is 1. The molecule has 0 fully saturated rings. The van der Waals surface area contributed by atoms with Crippen LogP contribution in [0.2, 0.25) is 0 Å². The molecule has 2 aromatic heterocycles. The van der Waals surface area contributed by atoms with Crippen molar-refractivity contribution in [3.8, 4) is 17.1 Å². The van der Waals surface area contributed by atoms with Gasteiger partial charge in [-0.05, 0) is 42.9 Å². The number of fused-ring (bicyclic) bond motifs is 1. The second kappa shape index (κ2) is 8.66. The summed E-state index contributed by atoms with van der Waals surface area (Å²) in [6, 6.07) is 14.6. The number of carbonyl (C=O) groups excluding carboxylic acids is 1. The molecule has 0 atom stereocenters. The molecule has 0 unspecified atom stereocenters. The van der Waals surface area contributed by atoms with E-state index < -0.39 is 5.97 Å². The Bertz CT molecular complexity index is 1420. The first-order valence-electron chi connectivity index (χ1n) is 9.12. The molecule has 10 heteroatoms. The maximum atomic E-state index is 13.5. The Kier molecular flexibility index (Phi) is 5.94. The van der Waals surface area contributed by atoms with Gasteiger partial charge in [0.15, 0.2) is 14.8 Å². The van der Waals surface area contributed by atoms with E-state index in [1.165, 1.54) is 4.57 Å². The predicted octanol–water partition coefficient (Wildman–Crippen LogP) is 3.13. The van der Waals surface area contributed by atoms with E-state index in [2.05, 4.69) is 4.98 Å². The summed E-state index contributed by atoms with van der Waals surface area (Å²) < 4.78 is 9.27. The maximum absolute atomic E-state index is 13.5. The topological polar surface area (TPSA) is 89.2 Å². The number of carbonyl (C=O) groups is 1. The number of ether oxygens (including phenoxy) is 1. The maximum Gasteiger partial charge on any atom is 0.278 e. The molecule has 158 valence electrons. The quantitative estimate of drug-likeness (QED) is 0.243. The third kappa shape index (κ3) is 4.01. The molecule has 4 aromatic rings. The Labute approximate surface area is 190 Å². The number of benzene rings is 2. The predicted molar refractivity (Wildman–Crippen MR) is 122 cm³/mol. The number of aromatic nitrogens is 3. The van der Waals surface area contributed by atoms with Crippen molar-refractivity contribution in [1.29, 1.82) is 0 Å². The van der Waals surface area contributed by atoms with Crippen LogP contribution in [0.25, 0.3) is 21.7 Å². The Balaban J connectivity index is 2.04. The van der Waals surface area contributed by atoms with Gasteiger partial charge >= 0.3 is 0 Å². The molecule has 31 heavy (non-hydrogen) atoms. The van der Waals surface area contributed by atoms with E-state index in [0.717, 1.165) is 28.7 Å². The van der Waals surface area contributed by atoms with Gasteiger partial charge in [0.1, 0.15) is 10.4 Å². The van der Waals surface area contributed by atoms with Crippen LogP contribution in [0.4, 0.5) is 0 Å². The molecule has 7 nitrogen and oxygen atoms in total. The monoisotopic (exact) mass is 470 g/mol. The van der Waals surface area contributed by atoms with Gasteiger partial charge < -0.3 is 14.6 Å². The van der Waals surface area contributed by atoms with E-state index >= 15 is 0 Å². The zero-order valence-corrected chi connectivity index (χ0v) is 19.0. The molecule has 0 saturated heterocycles. The third-order valence-electron chi connectivity index (χ3n) is 4.56. The smallest absolute Gasteiger partial charge is 0.278 e. The number of methoxy groups -OCH3 is 1. The van der Waals surface area contributed by atoms with Crippen LogP contribution in [-0.4, -0.2) is 33.0 Å². The summed E-state index contributed by atoms with van der Waals surface area (Å²) >= 11 is 7.65. The molecular weight excluding hydrogens is 454 g/mol. The molecule has 0 radical (unpaired) electrons. The molecule has 0 aliphatic heterocycles. The zero-order valence-electron chi connectivity index (χ0n) is 16.5. The fraction of sp³-hybridized carbons (Fsp3) is 0.143. The van der Waals surface area contributed by atoms with Crippen LogP contribution in [-0.2, 0) is 4.79 Å². The first-order chi connectivity index (χ1) is 14.9. The van der Waals surface area contributed by atoms with Crippen LogP contribution < -0.4 is 15.4 Å². The molecule has 2 heterocycles. The van der Waals surface area contributed by atoms with Gasteiger partial charge in [-0.2, -0.15) is 0 Å². The van der Waals surface area contributed by atoms with Gasteiger partial charge in [-0.25, -0.2) is 4.98 Å². The number of rotatable bonds is 6. The Morgan fingerprint density at radius 2 is 2.00 bits per heavy atom. The number of aliphatic carboxylic acids is 1. The second-order valence-corrected chi connectivity index (χ2v) is 9.13. The zero-order chi connectivity index (χ0) is 22.1. The van der Waals surface area contributed by atoms with Crippen molar-refractivity contribution in [3.05, 3.63) is 68.4 Å².